The van der Waals surface area contributed by atoms with Gasteiger partial charge in [-0.2, -0.15) is 0 Å². The fourth-order valence-corrected chi connectivity index (χ4v) is 1.64. The van der Waals surface area contributed by atoms with Gasteiger partial charge in [-0.25, -0.2) is 0 Å². The lowest BCUT2D eigenvalue weighted by atomic mass is 10.1. The summed E-state index contributed by atoms with van der Waals surface area (Å²) in [6.45, 7) is 2.16. The van der Waals surface area contributed by atoms with Gasteiger partial charge in [0.15, 0.2) is 0 Å². The van der Waals surface area contributed by atoms with Crippen LogP contribution in [0.1, 0.15) is 58.3 Å². The number of alkyl halides is 1. The molecule has 15 heavy (non-hydrogen) atoms. The van der Waals surface area contributed by atoms with Gasteiger partial charge in [-0.1, -0.05) is 56.9 Å². The molecule has 0 atom stereocenters. The first-order valence-corrected chi connectivity index (χ1v) is 6.83. The maximum Gasteiger partial charge on any atom is 0.0223 e. The van der Waals surface area contributed by atoms with E-state index in [9.17, 15) is 0 Å². The third kappa shape index (κ3) is 13.8. The van der Waals surface area contributed by atoms with Crippen molar-refractivity contribution in [2.75, 3.05) is 5.88 Å². The van der Waals surface area contributed by atoms with E-state index >= 15 is 0 Å². The molecule has 0 aromatic carbocycles. The minimum absolute atomic E-state index is 0.826. The van der Waals surface area contributed by atoms with Crippen LogP contribution in [0.15, 0.2) is 24.3 Å². The summed E-state index contributed by atoms with van der Waals surface area (Å²) in [5, 5.41) is 0. The summed E-state index contributed by atoms with van der Waals surface area (Å²) in [5.41, 5.74) is 0. The van der Waals surface area contributed by atoms with E-state index < -0.39 is 0 Å². The van der Waals surface area contributed by atoms with Gasteiger partial charge in [-0.3, -0.25) is 0 Å². The fraction of sp³-hybridized carbons (Fsp3) is 0.714. The number of hydrogen-bond acceptors (Lipinski definition) is 0. The number of rotatable bonds is 10. The summed E-state index contributed by atoms with van der Waals surface area (Å²) in [6.07, 6.45) is 19.0. The molecule has 88 valence electrons. The SMILES string of the molecule is CCC=CC=CCCCCCCCCCl. The maximum atomic E-state index is 5.61. The highest BCUT2D eigenvalue weighted by Crippen LogP contribution is 2.07. The first kappa shape index (κ1) is 14.8. The van der Waals surface area contributed by atoms with Crippen molar-refractivity contribution in [2.24, 2.45) is 0 Å². The quantitative estimate of drug-likeness (QED) is 0.264. The average molecular weight is 229 g/mol. The van der Waals surface area contributed by atoms with Crippen molar-refractivity contribution in [1.29, 1.82) is 0 Å². The average Bonchev–Trinajstić information content (AvgIpc) is 2.26. The lowest BCUT2D eigenvalue weighted by Gasteiger charge is -1.98. The van der Waals surface area contributed by atoms with Crippen LogP contribution in [0, 0.1) is 0 Å². The first-order valence-electron chi connectivity index (χ1n) is 6.29. The summed E-state index contributed by atoms with van der Waals surface area (Å²) in [5.74, 6) is 0.826. The van der Waals surface area contributed by atoms with E-state index in [1.54, 1.807) is 0 Å². The zero-order valence-electron chi connectivity index (χ0n) is 10.1. The summed E-state index contributed by atoms with van der Waals surface area (Å²) in [6, 6.07) is 0. The van der Waals surface area contributed by atoms with Gasteiger partial charge >= 0.3 is 0 Å². The van der Waals surface area contributed by atoms with Crippen LogP contribution in [-0.4, -0.2) is 5.88 Å². The van der Waals surface area contributed by atoms with Crippen molar-refractivity contribution in [3.8, 4) is 0 Å². The largest absolute Gasteiger partial charge is 0.127 e. The van der Waals surface area contributed by atoms with Gasteiger partial charge in [-0.05, 0) is 25.7 Å². The van der Waals surface area contributed by atoms with E-state index in [0.717, 1.165) is 12.3 Å². The molecule has 0 saturated heterocycles. The second-order valence-electron chi connectivity index (χ2n) is 3.86. The molecular weight excluding hydrogens is 204 g/mol. The highest BCUT2D eigenvalue weighted by Gasteiger charge is 1.89. The Balaban J connectivity index is 3.04. The van der Waals surface area contributed by atoms with Gasteiger partial charge in [0.25, 0.3) is 0 Å². The van der Waals surface area contributed by atoms with E-state index in [4.69, 9.17) is 11.6 Å². The molecule has 0 unspecified atom stereocenters. The third-order valence-electron chi connectivity index (χ3n) is 2.37. The van der Waals surface area contributed by atoms with E-state index in [1.807, 2.05) is 0 Å². The van der Waals surface area contributed by atoms with Crippen molar-refractivity contribution in [2.45, 2.75) is 58.3 Å². The highest BCUT2D eigenvalue weighted by molar-refractivity contribution is 6.17. The zero-order chi connectivity index (χ0) is 11.2. The van der Waals surface area contributed by atoms with E-state index in [-0.39, 0.29) is 0 Å². The smallest absolute Gasteiger partial charge is 0.0223 e. The highest BCUT2D eigenvalue weighted by atomic mass is 35.5. The Hall–Kier alpha value is -0.230. The topological polar surface area (TPSA) is 0 Å². The van der Waals surface area contributed by atoms with E-state index in [0.29, 0.717) is 0 Å². The molecule has 0 aliphatic rings. The number of halogens is 1. The van der Waals surface area contributed by atoms with Crippen molar-refractivity contribution >= 4 is 11.6 Å². The third-order valence-corrected chi connectivity index (χ3v) is 2.64. The maximum absolute atomic E-state index is 5.61. The monoisotopic (exact) mass is 228 g/mol. The molecule has 0 saturated carbocycles. The van der Waals surface area contributed by atoms with Crippen molar-refractivity contribution in [3.63, 3.8) is 0 Å². The van der Waals surface area contributed by atoms with E-state index in [1.165, 1.54) is 44.9 Å². The Morgan fingerprint density at radius 1 is 0.800 bits per heavy atom. The van der Waals surface area contributed by atoms with Crippen molar-refractivity contribution in [3.05, 3.63) is 24.3 Å². The van der Waals surface area contributed by atoms with Gasteiger partial charge in [0, 0.05) is 5.88 Å². The van der Waals surface area contributed by atoms with Crippen LogP contribution in [0.5, 0.6) is 0 Å². The van der Waals surface area contributed by atoms with Crippen LogP contribution in [-0.2, 0) is 0 Å². The molecule has 0 bridgehead atoms. The van der Waals surface area contributed by atoms with Gasteiger partial charge in [0.1, 0.15) is 0 Å². The van der Waals surface area contributed by atoms with Gasteiger partial charge in [-0.15, -0.1) is 11.6 Å². The molecule has 0 aliphatic carbocycles. The number of unbranched alkanes of at least 4 members (excludes halogenated alkanes) is 6. The minimum atomic E-state index is 0.826. The molecule has 0 heterocycles. The predicted octanol–water partition coefficient (Wildman–Crippen LogP) is 5.48. The molecular formula is C14H25Cl. The first-order chi connectivity index (χ1) is 7.41. The summed E-state index contributed by atoms with van der Waals surface area (Å²) in [7, 11) is 0. The standard InChI is InChI=1S/C14H25Cl/c1-2-3-4-5-6-7-8-9-10-11-12-13-14-15/h3-6H,2,7-14H2,1H3. The minimum Gasteiger partial charge on any atom is -0.127 e. The summed E-state index contributed by atoms with van der Waals surface area (Å²) in [4.78, 5) is 0. The molecule has 0 spiro atoms. The normalized spacial score (nSPS) is 11.9. The van der Waals surface area contributed by atoms with Crippen LogP contribution in [0.25, 0.3) is 0 Å². The molecule has 0 N–H and O–H groups in total. The van der Waals surface area contributed by atoms with Crippen LogP contribution >= 0.6 is 11.6 Å². The summed E-state index contributed by atoms with van der Waals surface area (Å²) < 4.78 is 0. The lowest BCUT2D eigenvalue weighted by molar-refractivity contribution is 0.612. The Morgan fingerprint density at radius 2 is 1.40 bits per heavy atom. The molecule has 0 aliphatic heterocycles. The van der Waals surface area contributed by atoms with Crippen LogP contribution < -0.4 is 0 Å². The fourth-order valence-electron chi connectivity index (χ4n) is 1.45. The molecule has 0 amide bonds. The lowest BCUT2D eigenvalue weighted by Crippen LogP contribution is -1.80. The van der Waals surface area contributed by atoms with Gasteiger partial charge < -0.3 is 0 Å². The number of hydrogen-bond donors (Lipinski definition) is 0. The Labute approximate surface area is 100 Å². The molecule has 0 fully saturated rings. The molecule has 0 nitrogen and oxygen atoms in total. The molecule has 0 aromatic rings. The van der Waals surface area contributed by atoms with Gasteiger partial charge in [0.05, 0.1) is 0 Å². The Kier molecular flexibility index (Phi) is 13.6. The predicted molar refractivity (Wildman–Crippen MR) is 71.6 cm³/mol. The second kappa shape index (κ2) is 13.8. The molecule has 1 heteroatoms. The molecule has 0 radical (unpaired) electrons. The van der Waals surface area contributed by atoms with Gasteiger partial charge in [0.2, 0.25) is 0 Å². The molecule has 0 aromatic heterocycles. The Morgan fingerprint density at radius 3 is 2.07 bits per heavy atom. The summed E-state index contributed by atoms with van der Waals surface area (Å²) >= 11 is 5.61. The van der Waals surface area contributed by atoms with E-state index in [2.05, 4.69) is 31.2 Å². The van der Waals surface area contributed by atoms with Crippen LogP contribution in [0.4, 0.5) is 0 Å². The van der Waals surface area contributed by atoms with Crippen molar-refractivity contribution in [1.82, 2.24) is 0 Å². The van der Waals surface area contributed by atoms with Crippen LogP contribution in [0.2, 0.25) is 0 Å². The number of allylic oxidation sites excluding steroid dienone is 4. The zero-order valence-corrected chi connectivity index (χ0v) is 10.8. The second-order valence-corrected chi connectivity index (χ2v) is 4.24. The van der Waals surface area contributed by atoms with Crippen LogP contribution in [0.3, 0.4) is 0 Å². The molecule has 0 rings (SSSR count). The van der Waals surface area contributed by atoms with Crippen molar-refractivity contribution < 1.29 is 0 Å². The Bertz CT molecular complexity index is 159.